The lowest BCUT2D eigenvalue weighted by Gasteiger charge is -2.11. The van der Waals surface area contributed by atoms with Gasteiger partial charge in [-0.1, -0.05) is 11.6 Å². The average molecular weight is 390 g/mol. The number of imide groups is 1. The molecule has 0 aliphatic carbocycles. The topological polar surface area (TPSA) is 86.3 Å². The number of halogens is 1. The smallest absolute Gasteiger partial charge is 0.333 e. The number of anilines is 1. The highest BCUT2D eigenvalue weighted by Crippen LogP contribution is 2.26. The molecule has 28 heavy (non-hydrogen) atoms. The van der Waals surface area contributed by atoms with E-state index in [0.29, 0.717) is 27.8 Å². The van der Waals surface area contributed by atoms with Crippen LogP contribution >= 0.6 is 11.6 Å². The van der Waals surface area contributed by atoms with Gasteiger partial charge >= 0.3 is 6.03 Å². The van der Waals surface area contributed by atoms with E-state index in [0.717, 1.165) is 10.5 Å². The van der Waals surface area contributed by atoms with Crippen LogP contribution in [0.15, 0.2) is 70.8 Å². The fourth-order valence-electron chi connectivity index (χ4n) is 2.80. The number of nitriles is 1. The number of carbonyl (C=O) groups excluding carboxylic acids is 2. The number of amides is 3. The normalized spacial score (nSPS) is 15.0. The van der Waals surface area contributed by atoms with E-state index in [1.165, 1.54) is 6.08 Å². The third-order valence-electron chi connectivity index (χ3n) is 4.17. The average Bonchev–Trinajstić information content (AvgIpc) is 3.28. The Hall–Kier alpha value is -3.82. The van der Waals surface area contributed by atoms with Gasteiger partial charge < -0.3 is 9.73 Å². The quantitative estimate of drug-likeness (QED) is 0.525. The van der Waals surface area contributed by atoms with Crippen LogP contribution in [0.5, 0.6) is 0 Å². The molecule has 0 spiro atoms. The Bertz CT molecular complexity index is 1140. The van der Waals surface area contributed by atoms with Crippen LogP contribution < -0.4 is 10.2 Å². The maximum absolute atomic E-state index is 12.6. The molecule has 1 aromatic heterocycles. The summed E-state index contributed by atoms with van der Waals surface area (Å²) in [6, 6.07) is 18.3. The lowest BCUT2D eigenvalue weighted by molar-refractivity contribution is -0.113. The van der Waals surface area contributed by atoms with Crippen LogP contribution in [0, 0.1) is 11.3 Å². The maximum Gasteiger partial charge on any atom is 0.333 e. The second kappa shape index (κ2) is 7.06. The van der Waals surface area contributed by atoms with Gasteiger partial charge in [-0.2, -0.15) is 5.26 Å². The molecule has 0 unspecified atom stereocenters. The van der Waals surface area contributed by atoms with Gasteiger partial charge in [0.1, 0.15) is 17.2 Å². The van der Waals surface area contributed by atoms with Crippen molar-refractivity contribution in [2.75, 3.05) is 4.90 Å². The number of hydrogen-bond donors (Lipinski definition) is 1. The van der Waals surface area contributed by atoms with Gasteiger partial charge in [0.25, 0.3) is 5.91 Å². The number of urea groups is 1. The van der Waals surface area contributed by atoms with E-state index in [2.05, 4.69) is 11.4 Å². The fourth-order valence-corrected chi connectivity index (χ4v) is 2.92. The predicted molar refractivity (Wildman–Crippen MR) is 104 cm³/mol. The van der Waals surface area contributed by atoms with Crippen LogP contribution in [0.3, 0.4) is 0 Å². The molecule has 3 aromatic rings. The second-order valence-corrected chi connectivity index (χ2v) is 6.43. The standard InChI is InChI=1S/C21H12ClN3O3/c22-15-5-7-16(8-6-15)25-20(26)18(24-21(25)27)11-17-9-10-19(28-17)14-3-1-13(12-23)2-4-14/h1-11H,(H,24,27)/b18-11+. The van der Waals surface area contributed by atoms with Gasteiger partial charge in [-0.25, -0.2) is 9.69 Å². The summed E-state index contributed by atoms with van der Waals surface area (Å²) in [5.41, 5.74) is 1.89. The Morgan fingerprint density at radius 3 is 2.39 bits per heavy atom. The second-order valence-electron chi connectivity index (χ2n) is 6.00. The molecule has 1 saturated heterocycles. The molecule has 0 bridgehead atoms. The number of carbonyl (C=O) groups is 2. The summed E-state index contributed by atoms with van der Waals surface area (Å²) in [6.45, 7) is 0. The van der Waals surface area contributed by atoms with Crippen LogP contribution in [0.1, 0.15) is 11.3 Å². The molecular formula is C21H12ClN3O3. The van der Waals surface area contributed by atoms with Crippen molar-refractivity contribution >= 4 is 35.3 Å². The van der Waals surface area contributed by atoms with Crippen LogP contribution in [0.4, 0.5) is 10.5 Å². The number of nitrogens with one attached hydrogen (secondary N) is 1. The fraction of sp³-hybridized carbons (Fsp3) is 0. The summed E-state index contributed by atoms with van der Waals surface area (Å²) in [7, 11) is 0. The monoisotopic (exact) mass is 389 g/mol. The number of benzene rings is 2. The first kappa shape index (κ1) is 17.6. The van der Waals surface area contributed by atoms with Gasteiger partial charge in [0.2, 0.25) is 0 Å². The van der Waals surface area contributed by atoms with Gasteiger partial charge in [-0.05, 0) is 60.7 Å². The van der Waals surface area contributed by atoms with Crippen LogP contribution in [0.2, 0.25) is 5.02 Å². The largest absolute Gasteiger partial charge is 0.457 e. The summed E-state index contributed by atoms with van der Waals surface area (Å²) in [5.74, 6) is 0.521. The highest BCUT2D eigenvalue weighted by Gasteiger charge is 2.35. The zero-order valence-electron chi connectivity index (χ0n) is 14.3. The summed E-state index contributed by atoms with van der Waals surface area (Å²) in [4.78, 5) is 25.9. The number of rotatable bonds is 3. The van der Waals surface area contributed by atoms with Crippen molar-refractivity contribution < 1.29 is 14.0 Å². The highest BCUT2D eigenvalue weighted by molar-refractivity contribution is 6.31. The molecule has 6 nitrogen and oxygen atoms in total. The Kier molecular flexibility index (Phi) is 4.44. The molecule has 4 rings (SSSR count). The van der Waals surface area contributed by atoms with Crippen molar-refractivity contribution in [3.63, 3.8) is 0 Å². The van der Waals surface area contributed by atoms with Gasteiger partial charge in [0, 0.05) is 16.7 Å². The van der Waals surface area contributed by atoms with E-state index in [9.17, 15) is 9.59 Å². The van der Waals surface area contributed by atoms with Crippen LogP contribution in [0.25, 0.3) is 17.4 Å². The lowest BCUT2D eigenvalue weighted by Crippen LogP contribution is -2.30. The van der Waals surface area contributed by atoms with Gasteiger partial charge in [-0.15, -0.1) is 0 Å². The molecule has 0 radical (unpaired) electrons. The minimum atomic E-state index is -0.544. The molecule has 7 heteroatoms. The highest BCUT2D eigenvalue weighted by atomic mass is 35.5. The van der Waals surface area contributed by atoms with Crippen molar-refractivity contribution in [2.24, 2.45) is 0 Å². The number of furan rings is 1. The van der Waals surface area contributed by atoms with Crippen molar-refractivity contribution in [1.82, 2.24) is 5.32 Å². The van der Waals surface area contributed by atoms with Crippen LogP contribution in [-0.2, 0) is 4.79 Å². The number of nitrogens with zero attached hydrogens (tertiary/aromatic N) is 2. The predicted octanol–water partition coefficient (Wildman–Crippen LogP) is 4.57. The Morgan fingerprint density at radius 2 is 1.71 bits per heavy atom. The molecule has 1 aliphatic heterocycles. The van der Waals surface area contributed by atoms with E-state index in [1.807, 2.05) is 0 Å². The first-order valence-electron chi connectivity index (χ1n) is 8.28. The minimum absolute atomic E-state index is 0.112. The molecule has 1 aliphatic rings. The van der Waals surface area contributed by atoms with E-state index < -0.39 is 11.9 Å². The van der Waals surface area contributed by atoms with Crippen molar-refractivity contribution in [1.29, 1.82) is 5.26 Å². The molecule has 0 saturated carbocycles. The minimum Gasteiger partial charge on any atom is -0.457 e. The van der Waals surface area contributed by atoms with E-state index in [-0.39, 0.29) is 5.70 Å². The van der Waals surface area contributed by atoms with E-state index in [1.54, 1.807) is 60.7 Å². The van der Waals surface area contributed by atoms with Gasteiger partial charge in [-0.3, -0.25) is 4.79 Å². The van der Waals surface area contributed by atoms with Gasteiger partial charge in [0.05, 0.1) is 17.3 Å². The number of hydrogen-bond acceptors (Lipinski definition) is 4. The molecule has 0 atom stereocenters. The molecule has 3 amide bonds. The third-order valence-corrected chi connectivity index (χ3v) is 4.43. The zero-order chi connectivity index (χ0) is 19.7. The molecule has 1 N–H and O–H groups in total. The summed E-state index contributed by atoms with van der Waals surface area (Å²) >= 11 is 5.85. The molecule has 2 aromatic carbocycles. The zero-order valence-corrected chi connectivity index (χ0v) is 15.1. The molecule has 1 fully saturated rings. The van der Waals surface area contributed by atoms with Crippen molar-refractivity contribution in [2.45, 2.75) is 0 Å². The first-order valence-corrected chi connectivity index (χ1v) is 8.66. The molecule has 136 valence electrons. The van der Waals surface area contributed by atoms with Crippen LogP contribution in [-0.4, -0.2) is 11.9 Å². The Labute approximate surface area is 165 Å². The van der Waals surface area contributed by atoms with E-state index in [4.69, 9.17) is 21.3 Å². The lowest BCUT2D eigenvalue weighted by atomic mass is 10.1. The maximum atomic E-state index is 12.6. The summed E-state index contributed by atoms with van der Waals surface area (Å²) in [5, 5.41) is 11.9. The van der Waals surface area contributed by atoms with Crippen molar-refractivity contribution in [3.05, 3.63) is 82.7 Å². The molecule has 2 heterocycles. The first-order chi connectivity index (χ1) is 13.5. The summed E-state index contributed by atoms with van der Waals surface area (Å²) in [6.07, 6.45) is 1.48. The Morgan fingerprint density at radius 1 is 1.00 bits per heavy atom. The SMILES string of the molecule is N#Cc1ccc(-c2ccc(/C=C3/NC(=O)N(c4ccc(Cl)cc4)C3=O)o2)cc1. The summed E-state index contributed by atoms with van der Waals surface area (Å²) < 4.78 is 5.75. The molecular weight excluding hydrogens is 378 g/mol. The third kappa shape index (κ3) is 3.27. The van der Waals surface area contributed by atoms with Crippen molar-refractivity contribution in [3.8, 4) is 17.4 Å². The van der Waals surface area contributed by atoms with E-state index >= 15 is 0 Å². The Balaban J connectivity index is 1.58. The van der Waals surface area contributed by atoms with Gasteiger partial charge in [0.15, 0.2) is 0 Å².